The summed E-state index contributed by atoms with van der Waals surface area (Å²) in [6, 6.07) is 1.27. The maximum absolute atomic E-state index is 12.3. The molecule has 2 rings (SSSR count). The van der Waals surface area contributed by atoms with Crippen molar-refractivity contribution < 1.29 is 9.90 Å². The molecule has 1 aliphatic rings. The Bertz CT molecular complexity index is 644. The molecule has 1 unspecified atom stereocenters. The largest absolute Gasteiger partial charge is 0.390 e. The predicted molar refractivity (Wildman–Crippen MR) is 77.0 cm³/mol. The normalized spacial score (nSPS) is 22.9. The van der Waals surface area contributed by atoms with Gasteiger partial charge in [-0.1, -0.05) is 0 Å². The molecular weight excluding hydrogens is 274 g/mol. The van der Waals surface area contributed by atoms with E-state index in [1.165, 1.54) is 23.9 Å². The SMILES string of the molecule is Cn1c(=O)ccn(CC(=O)N2CCCC(C)(O)CC2)c1=O. The van der Waals surface area contributed by atoms with Crippen molar-refractivity contribution >= 4 is 5.91 Å². The van der Waals surface area contributed by atoms with Gasteiger partial charge in [-0.3, -0.25) is 18.7 Å². The van der Waals surface area contributed by atoms with E-state index in [9.17, 15) is 19.5 Å². The molecule has 1 fully saturated rings. The molecule has 7 heteroatoms. The maximum Gasteiger partial charge on any atom is 0.331 e. The number of carbonyl (C=O) groups excluding carboxylic acids is 1. The summed E-state index contributed by atoms with van der Waals surface area (Å²) in [7, 11) is 1.38. The van der Waals surface area contributed by atoms with Gasteiger partial charge in [-0.05, 0) is 26.2 Å². The Kier molecular flexibility index (Phi) is 4.32. The zero-order chi connectivity index (χ0) is 15.6. The monoisotopic (exact) mass is 295 g/mol. The van der Waals surface area contributed by atoms with E-state index >= 15 is 0 Å². The Morgan fingerprint density at radius 2 is 2.05 bits per heavy atom. The highest BCUT2D eigenvalue weighted by Gasteiger charge is 2.27. The van der Waals surface area contributed by atoms with E-state index in [1.807, 2.05) is 0 Å². The second-order valence-electron chi connectivity index (χ2n) is 5.85. The number of amides is 1. The van der Waals surface area contributed by atoms with Gasteiger partial charge in [0, 0.05) is 32.4 Å². The molecule has 0 aliphatic carbocycles. The zero-order valence-electron chi connectivity index (χ0n) is 12.4. The minimum absolute atomic E-state index is 0.0882. The summed E-state index contributed by atoms with van der Waals surface area (Å²) in [5, 5.41) is 10.0. The quantitative estimate of drug-likeness (QED) is 0.783. The molecule has 0 bridgehead atoms. The van der Waals surface area contributed by atoms with Gasteiger partial charge in [-0.25, -0.2) is 4.79 Å². The molecule has 0 saturated carbocycles. The van der Waals surface area contributed by atoms with Crippen LogP contribution in [0, 0.1) is 0 Å². The Hall–Kier alpha value is -1.89. The first-order valence-corrected chi connectivity index (χ1v) is 7.07. The van der Waals surface area contributed by atoms with E-state index in [0.717, 1.165) is 11.0 Å². The van der Waals surface area contributed by atoms with Crippen LogP contribution < -0.4 is 11.2 Å². The number of rotatable bonds is 2. The van der Waals surface area contributed by atoms with Crippen LogP contribution in [0.25, 0.3) is 0 Å². The summed E-state index contributed by atoms with van der Waals surface area (Å²) in [4.78, 5) is 37.2. The van der Waals surface area contributed by atoms with E-state index in [0.29, 0.717) is 25.9 Å². The minimum Gasteiger partial charge on any atom is -0.390 e. The average molecular weight is 295 g/mol. The van der Waals surface area contributed by atoms with Gasteiger partial charge in [0.05, 0.1) is 5.60 Å². The number of aromatic nitrogens is 2. The summed E-state index contributed by atoms with van der Waals surface area (Å²) in [5.41, 5.74) is -1.63. The van der Waals surface area contributed by atoms with Gasteiger partial charge < -0.3 is 10.0 Å². The number of nitrogens with zero attached hydrogens (tertiary/aromatic N) is 3. The number of aliphatic hydroxyl groups is 1. The van der Waals surface area contributed by atoms with E-state index in [2.05, 4.69) is 0 Å². The molecule has 0 spiro atoms. The number of carbonyl (C=O) groups is 1. The van der Waals surface area contributed by atoms with Crippen LogP contribution in [0.4, 0.5) is 0 Å². The standard InChI is InChI=1S/C14H21N3O4/c1-14(21)5-3-7-16(9-6-14)12(19)10-17-8-4-11(18)15(2)13(17)20/h4,8,21H,3,5-7,9-10H2,1-2H3. The summed E-state index contributed by atoms with van der Waals surface area (Å²) >= 11 is 0. The van der Waals surface area contributed by atoms with Gasteiger partial charge in [0.25, 0.3) is 5.56 Å². The third-order valence-electron chi connectivity index (χ3n) is 3.98. The van der Waals surface area contributed by atoms with Crippen LogP contribution in [-0.4, -0.2) is 43.7 Å². The molecule has 0 radical (unpaired) electrons. The molecule has 116 valence electrons. The van der Waals surface area contributed by atoms with Crippen LogP contribution in [0.5, 0.6) is 0 Å². The van der Waals surface area contributed by atoms with Gasteiger partial charge in [-0.2, -0.15) is 0 Å². The van der Waals surface area contributed by atoms with E-state index in [4.69, 9.17) is 0 Å². The van der Waals surface area contributed by atoms with Crippen LogP contribution in [-0.2, 0) is 18.4 Å². The molecule has 21 heavy (non-hydrogen) atoms. The molecule has 0 aromatic carbocycles. The lowest BCUT2D eigenvalue weighted by Crippen LogP contribution is -2.42. The van der Waals surface area contributed by atoms with Crippen LogP contribution in [0.15, 0.2) is 21.9 Å². The van der Waals surface area contributed by atoms with Crippen molar-refractivity contribution in [2.45, 2.75) is 38.3 Å². The molecule has 2 heterocycles. The van der Waals surface area contributed by atoms with Crippen LogP contribution in [0.3, 0.4) is 0 Å². The molecule has 1 atom stereocenters. The summed E-state index contributed by atoms with van der Waals surface area (Å²) in [6.45, 7) is 2.75. The smallest absolute Gasteiger partial charge is 0.331 e. The van der Waals surface area contributed by atoms with Crippen molar-refractivity contribution in [2.75, 3.05) is 13.1 Å². The van der Waals surface area contributed by atoms with Gasteiger partial charge in [0.2, 0.25) is 5.91 Å². The van der Waals surface area contributed by atoms with Crippen LogP contribution in [0.2, 0.25) is 0 Å². The second-order valence-corrected chi connectivity index (χ2v) is 5.85. The summed E-state index contributed by atoms with van der Waals surface area (Å²) in [6.07, 6.45) is 3.27. The number of hydrogen-bond donors (Lipinski definition) is 1. The molecule has 1 N–H and O–H groups in total. The van der Waals surface area contributed by atoms with Gasteiger partial charge in [0.1, 0.15) is 6.54 Å². The fourth-order valence-electron chi connectivity index (χ4n) is 2.50. The van der Waals surface area contributed by atoms with Crippen molar-refractivity contribution in [3.05, 3.63) is 33.1 Å². The molecule has 1 aromatic rings. The van der Waals surface area contributed by atoms with E-state index in [-0.39, 0.29) is 12.5 Å². The predicted octanol–water partition coefficient (Wildman–Crippen LogP) is -0.689. The van der Waals surface area contributed by atoms with Gasteiger partial charge >= 0.3 is 5.69 Å². The molecule has 1 amide bonds. The summed E-state index contributed by atoms with van der Waals surface area (Å²) in [5.74, 6) is -0.173. The Morgan fingerprint density at radius 1 is 1.33 bits per heavy atom. The lowest BCUT2D eigenvalue weighted by molar-refractivity contribution is -0.132. The molecular formula is C14H21N3O4. The first-order chi connectivity index (χ1) is 9.80. The van der Waals surface area contributed by atoms with Crippen LogP contribution in [0.1, 0.15) is 26.2 Å². The second kappa shape index (κ2) is 5.85. The fourth-order valence-corrected chi connectivity index (χ4v) is 2.50. The first kappa shape index (κ1) is 15.5. The number of likely N-dealkylation sites (tertiary alicyclic amines) is 1. The van der Waals surface area contributed by atoms with E-state index in [1.54, 1.807) is 11.8 Å². The highest BCUT2D eigenvalue weighted by molar-refractivity contribution is 5.76. The topological polar surface area (TPSA) is 84.5 Å². The van der Waals surface area contributed by atoms with Crippen molar-refractivity contribution in [3.8, 4) is 0 Å². The summed E-state index contributed by atoms with van der Waals surface area (Å²) < 4.78 is 2.20. The lowest BCUT2D eigenvalue weighted by atomic mass is 9.98. The minimum atomic E-state index is -0.734. The lowest BCUT2D eigenvalue weighted by Gasteiger charge is -2.23. The highest BCUT2D eigenvalue weighted by Crippen LogP contribution is 2.21. The molecule has 1 aliphatic heterocycles. The third kappa shape index (κ3) is 3.60. The Balaban J connectivity index is 2.10. The fraction of sp³-hybridized carbons (Fsp3) is 0.643. The van der Waals surface area contributed by atoms with Crippen molar-refractivity contribution in [1.82, 2.24) is 14.0 Å². The van der Waals surface area contributed by atoms with Crippen molar-refractivity contribution in [3.63, 3.8) is 0 Å². The van der Waals surface area contributed by atoms with Gasteiger partial charge in [-0.15, -0.1) is 0 Å². The average Bonchev–Trinajstić information content (AvgIpc) is 2.60. The molecule has 1 saturated heterocycles. The zero-order valence-corrected chi connectivity index (χ0v) is 12.4. The van der Waals surface area contributed by atoms with Crippen molar-refractivity contribution in [2.24, 2.45) is 7.05 Å². The molecule has 1 aromatic heterocycles. The molecule has 7 nitrogen and oxygen atoms in total. The van der Waals surface area contributed by atoms with Crippen LogP contribution >= 0.6 is 0 Å². The van der Waals surface area contributed by atoms with E-state index < -0.39 is 16.9 Å². The van der Waals surface area contributed by atoms with Gasteiger partial charge in [0.15, 0.2) is 0 Å². The first-order valence-electron chi connectivity index (χ1n) is 7.07. The Morgan fingerprint density at radius 3 is 2.76 bits per heavy atom. The van der Waals surface area contributed by atoms with Crippen molar-refractivity contribution in [1.29, 1.82) is 0 Å². The maximum atomic E-state index is 12.3. The highest BCUT2D eigenvalue weighted by atomic mass is 16.3. The third-order valence-corrected chi connectivity index (χ3v) is 3.98. The Labute approximate surface area is 122 Å². The number of hydrogen-bond acceptors (Lipinski definition) is 4.